The van der Waals surface area contributed by atoms with Crippen molar-refractivity contribution in [2.24, 2.45) is 5.92 Å². The second kappa shape index (κ2) is 9.87. The lowest BCUT2D eigenvalue weighted by atomic mass is 9.97. The number of para-hydroxylation sites is 2. The Morgan fingerprint density at radius 3 is 2.62 bits per heavy atom. The van der Waals surface area contributed by atoms with Gasteiger partial charge in [-0.15, -0.1) is 0 Å². The maximum absolute atomic E-state index is 13.6. The summed E-state index contributed by atoms with van der Waals surface area (Å²) in [6, 6.07) is 21.5. The first kappa shape index (κ1) is 21.8. The normalized spacial score (nSPS) is 15.9. The number of aromatic nitrogens is 3. The molecule has 0 unspecified atom stereocenters. The largest absolute Gasteiger partial charge is 0.352 e. The van der Waals surface area contributed by atoms with Gasteiger partial charge in [0.15, 0.2) is 5.82 Å². The fourth-order valence-electron chi connectivity index (χ4n) is 4.53. The van der Waals surface area contributed by atoms with Crippen LogP contribution in [0.1, 0.15) is 24.0 Å². The molecular weight excluding hydrogens is 426 g/mol. The Bertz CT molecular complexity index is 1340. The molecule has 0 aliphatic carbocycles. The second-order valence-corrected chi connectivity index (χ2v) is 8.67. The predicted molar refractivity (Wildman–Crippen MR) is 133 cm³/mol. The molecule has 2 aromatic carbocycles. The minimum atomic E-state index is -0.194. The fraction of sp³-hybridized carbons (Fsp3) is 0.259. The SMILES string of the molecule is O=C(NCc1cccnc1)[C@@H]1CCCN(c2nc3ccccc3n(Cc3ccccc3)c2=O)C1. The highest BCUT2D eigenvalue weighted by Crippen LogP contribution is 2.22. The van der Waals surface area contributed by atoms with Crippen molar-refractivity contribution in [3.05, 3.63) is 101 Å². The van der Waals surface area contributed by atoms with E-state index in [1.54, 1.807) is 17.0 Å². The van der Waals surface area contributed by atoms with Gasteiger partial charge >= 0.3 is 0 Å². The van der Waals surface area contributed by atoms with Crippen molar-refractivity contribution >= 4 is 22.8 Å². The van der Waals surface area contributed by atoms with Crippen LogP contribution in [0.5, 0.6) is 0 Å². The first-order valence-corrected chi connectivity index (χ1v) is 11.6. The third-order valence-electron chi connectivity index (χ3n) is 6.30. The highest BCUT2D eigenvalue weighted by molar-refractivity contribution is 5.80. The van der Waals surface area contributed by atoms with Crippen LogP contribution in [0.15, 0.2) is 83.9 Å². The third-order valence-corrected chi connectivity index (χ3v) is 6.30. The van der Waals surface area contributed by atoms with Gasteiger partial charge in [-0.1, -0.05) is 48.5 Å². The Morgan fingerprint density at radius 2 is 1.79 bits per heavy atom. The Kier molecular flexibility index (Phi) is 6.33. The van der Waals surface area contributed by atoms with Gasteiger partial charge in [0.1, 0.15) is 0 Å². The lowest BCUT2D eigenvalue weighted by Gasteiger charge is -2.32. The Balaban J connectivity index is 1.40. The van der Waals surface area contributed by atoms with Crippen molar-refractivity contribution in [1.82, 2.24) is 19.9 Å². The number of hydrogen-bond donors (Lipinski definition) is 1. The maximum atomic E-state index is 13.6. The summed E-state index contributed by atoms with van der Waals surface area (Å²) in [5, 5.41) is 3.02. The minimum absolute atomic E-state index is 0.000969. The van der Waals surface area contributed by atoms with Crippen LogP contribution in [0.4, 0.5) is 5.82 Å². The maximum Gasteiger partial charge on any atom is 0.294 e. The molecule has 1 aliphatic rings. The van der Waals surface area contributed by atoms with Crippen LogP contribution in [0.2, 0.25) is 0 Å². The number of carbonyl (C=O) groups excluding carboxylic acids is 1. The molecular formula is C27H27N5O2. The predicted octanol–water partition coefficient (Wildman–Crippen LogP) is 3.37. The van der Waals surface area contributed by atoms with Gasteiger partial charge in [-0.25, -0.2) is 4.98 Å². The van der Waals surface area contributed by atoms with Crippen molar-refractivity contribution in [1.29, 1.82) is 0 Å². The molecule has 3 heterocycles. The van der Waals surface area contributed by atoms with Gasteiger partial charge in [-0.05, 0) is 42.2 Å². The monoisotopic (exact) mass is 453 g/mol. The Morgan fingerprint density at radius 1 is 1.00 bits per heavy atom. The highest BCUT2D eigenvalue weighted by Gasteiger charge is 2.28. The quantitative estimate of drug-likeness (QED) is 0.484. The van der Waals surface area contributed by atoms with Crippen LogP contribution in [0.3, 0.4) is 0 Å². The number of hydrogen-bond acceptors (Lipinski definition) is 5. The van der Waals surface area contributed by atoms with E-state index in [1.165, 1.54) is 0 Å². The molecule has 34 heavy (non-hydrogen) atoms. The number of piperidine rings is 1. The molecule has 1 saturated heterocycles. The molecule has 1 amide bonds. The summed E-state index contributed by atoms with van der Waals surface area (Å²) in [4.78, 5) is 37.3. The molecule has 0 bridgehead atoms. The minimum Gasteiger partial charge on any atom is -0.352 e. The van der Waals surface area contributed by atoms with E-state index in [0.29, 0.717) is 32.0 Å². The first-order valence-electron chi connectivity index (χ1n) is 11.6. The highest BCUT2D eigenvalue weighted by atomic mass is 16.2. The van der Waals surface area contributed by atoms with Crippen molar-refractivity contribution in [2.45, 2.75) is 25.9 Å². The number of amides is 1. The lowest BCUT2D eigenvalue weighted by Crippen LogP contribution is -2.45. The van der Waals surface area contributed by atoms with E-state index in [-0.39, 0.29) is 17.4 Å². The topological polar surface area (TPSA) is 80.1 Å². The van der Waals surface area contributed by atoms with Crippen LogP contribution in [0, 0.1) is 5.92 Å². The number of pyridine rings is 1. The van der Waals surface area contributed by atoms with Crippen LogP contribution in [-0.2, 0) is 17.9 Å². The van der Waals surface area contributed by atoms with E-state index in [1.807, 2.05) is 71.6 Å². The molecule has 172 valence electrons. The number of nitrogens with one attached hydrogen (secondary N) is 1. The molecule has 7 heteroatoms. The van der Waals surface area contributed by atoms with Gasteiger partial charge in [0, 0.05) is 32.0 Å². The summed E-state index contributed by atoms with van der Waals surface area (Å²) in [6.45, 7) is 2.10. The van der Waals surface area contributed by atoms with Gasteiger partial charge < -0.3 is 10.2 Å². The van der Waals surface area contributed by atoms with Crippen LogP contribution in [0.25, 0.3) is 11.0 Å². The number of anilines is 1. The number of rotatable bonds is 6. The molecule has 4 aromatic rings. The molecule has 1 atom stereocenters. The average molecular weight is 454 g/mol. The molecule has 1 aliphatic heterocycles. The van der Waals surface area contributed by atoms with Crippen molar-refractivity contribution in [3.63, 3.8) is 0 Å². The lowest BCUT2D eigenvalue weighted by molar-refractivity contribution is -0.125. The molecule has 0 spiro atoms. The van der Waals surface area contributed by atoms with E-state index in [4.69, 9.17) is 4.98 Å². The summed E-state index contributed by atoms with van der Waals surface area (Å²) >= 11 is 0. The number of fused-ring (bicyclic) bond motifs is 1. The zero-order valence-corrected chi connectivity index (χ0v) is 18.9. The molecule has 7 nitrogen and oxygen atoms in total. The summed E-state index contributed by atoms with van der Waals surface area (Å²) < 4.78 is 1.79. The van der Waals surface area contributed by atoms with E-state index in [0.717, 1.165) is 35.0 Å². The second-order valence-electron chi connectivity index (χ2n) is 8.67. The molecule has 1 fully saturated rings. The van der Waals surface area contributed by atoms with Crippen LogP contribution >= 0.6 is 0 Å². The zero-order valence-electron chi connectivity index (χ0n) is 18.9. The van der Waals surface area contributed by atoms with E-state index in [9.17, 15) is 9.59 Å². The van der Waals surface area contributed by atoms with Gasteiger partial charge in [0.25, 0.3) is 5.56 Å². The average Bonchev–Trinajstić information content (AvgIpc) is 2.90. The standard InChI is InChI=1S/C27H27N5O2/c33-26(29-17-21-10-6-14-28-16-21)22-11-7-15-31(19-22)25-27(34)32(18-20-8-2-1-3-9-20)24-13-5-4-12-23(24)30-25/h1-6,8-10,12-14,16,22H,7,11,15,17-19H2,(H,29,33)/t22-/m1/s1. The Labute approximate surface area is 198 Å². The van der Waals surface area contributed by atoms with Crippen LogP contribution < -0.4 is 15.8 Å². The fourth-order valence-corrected chi connectivity index (χ4v) is 4.53. The molecule has 0 radical (unpaired) electrons. The van der Waals surface area contributed by atoms with Crippen molar-refractivity contribution in [3.8, 4) is 0 Å². The van der Waals surface area contributed by atoms with Crippen molar-refractivity contribution < 1.29 is 4.79 Å². The summed E-state index contributed by atoms with van der Waals surface area (Å²) in [6.07, 6.45) is 5.09. The van der Waals surface area contributed by atoms with Crippen LogP contribution in [-0.4, -0.2) is 33.5 Å². The van der Waals surface area contributed by atoms with Crippen molar-refractivity contribution in [2.75, 3.05) is 18.0 Å². The van der Waals surface area contributed by atoms with Gasteiger partial charge in [-0.3, -0.25) is 19.1 Å². The van der Waals surface area contributed by atoms with E-state index >= 15 is 0 Å². The number of nitrogens with zero attached hydrogens (tertiary/aromatic N) is 4. The third kappa shape index (κ3) is 4.69. The van der Waals surface area contributed by atoms with Gasteiger partial charge in [0.2, 0.25) is 5.91 Å². The molecule has 5 rings (SSSR count). The van der Waals surface area contributed by atoms with Gasteiger partial charge in [0.05, 0.1) is 23.5 Å². The number of benzene rings is 2. The zero-order chi connectivity index (χ0) is 23.3. The summed E-state index contributed by atoms with van der Waals surface area (Å²) in [7, 11) is 0. The summed E-state index contributed by atoms with van der Waals surface area (Å²) in [5.74, 6) is 0.221. The number of carbonyl (C=O) groups is 1. The van der Waals surface area contributed by atoms with Gasteiger partial charge in [-0.2, -0.15) is 0 Å². The molecule has 1 N–H and O–H groups in total. The Hall–Kier alpha value is -4.00. The molecule has 0 saturated carbocycles. The molecule has 2 aromatic heterocycles. The smallest absolute Gasteiger partial charge is 0.294 e. The van der Waals surface area contributed by atoms with E-state index in [2.05, 4.69) is 10.3 Å². The van der Waals surface area contributed by atoms with E-state index < -0.39 is 0 Å². The first-order chi connectivity index (χ1) is 16.7. The summed E-state index contributed by atoms with van der Waals surface area (Å²) in [5.41, 5.74) is 3.47.